The molecule has 1 amide bonds. The van der Waals surface area contributed by atoms with Crippen LogP contribution in [-0.4, -0.2) is 47.8 Å². The summed E-state index contributed by atoms with van der Waals surface area (Å²) in [6.45, 7) is 1.36. The Labute approximate surface area is 135 Å². The zero-order valence-electron chi connectivity index (χ0n) is 13.4. The molecule has 1 aromatic heterocycles. The van der Waals surface area contributed by atoms with Crippen LogP contribution in [0, 0.1) is 5.82 Å². The summed E-state index contributed by atoms with van der Waals surface area (Å²) in [5.41, 5.74) is 2.21. The molecule has 1 N–H and O–H groups in total. The predicted octanol–water partition coefficient (Wildman–Crippen LogP) is 2.18. The van der Waals surface area contributed by atoms with Gasteiger partial charge in [0.1, 0.15) is 5.82 Å². The molecule has 0 atom stereocenters. The van der Waals surface area contributed by atoms with Gasteiger partial charge in [0.2, 0.25) is 0 Å². The second-order valence-corrected chi connectivity index (χ2v) is 6.18. The molecule has 23 heavy (non-hydrogen) atoms. The maximum Gasteiger partial charge on any atom is 0.271 e. The number of benzene rings is 1. The van der Waals surface area contributed by atoms with Crippen molar-refractivity contribution in [2.75, 3.05) is 27.2 Å². The van der Waals surface area contributed by atoms with Crippen LogP contribution in [0.1, 0.15) is 34.9 Å². The number of nitrogens with zero attached hydrogens (tertiary/aromatic N) is 3. The normalized spacial score (nSPS) is 14.3. The monoisotopic (exact) mass is 316 g/mol. The van der Waals surface area contributed by atoms with E-state index in [9.17, 15) is 9.18 Å². The van der Waals surface area contributed by atoms with Crippen LogP contribution in [-0.2, 0) is 0 Å². The zero-order valence-corrected chi connectivity index (χ0v) is 13.4. The highest BCUT2D eigenvalue weighted by molar-refractivity contribution is 5.92. The fourth-order valence-corrected chi connectivity index (χ4v) is 2.45. The van der Waals surface area contributed by atoms with Crippen molar-refractivity contribution in [2.45, 2.75) is 18.8 Å². The number of rotatable bonds is 6. The van der Waals surface area contributed by atoms with Gasteiger partial charge in [-0.05, 0) is 57.3 Å². The number of carbonyl (C=O) groups excluding carboxylic acids is 1. The first kappa shape index (κ1) is 15.7. The van der Waals surface area contributed by atoms with Gasteiger partial charge in [-0.15, -0.1) is 0 Å². The molecule has 0 radical (unpaired) electrons. The highest BCUT2D eigenvalue weighted by Crippen LogP contribution is 2.41. The molecule has 0 aliphatic heterocycles. The summed E-state index contributed by atoms with van der Waals surface area (Å²) in [5.74, 6) is -0.0129. The Bertz CT molecular complexity index is 689. The summed E-state index contributed by atoms with van der Waals surface area (Å²) in [6, 6.07) is 8.03. The van der Waals surface area contributed by atoms with Crippen molar-refractivity contribution in [3.8, 4) is 5.69 Å². The van der Waals surface area contributed by atoms with Gasteiger partial charge in [-0.2, -0.15) is 5.10 Å². The van der Waals surface area contributed by atoms with Gasteiger partial charge in [0.15, 0.2) is 5.69 Å². The van der Waals surface area contributed by atoms with E-state index >= 15 is 0 Å². The molecule has 0 spiro atoms. The van der Waals surface area contributed by atoms with Crippen molar-refractivity contribution >= 4 is 5.91 Å². The van der Waals surface area contributed by atoms with Gasteiger partial charge < -0.3 is 10.2 Å². The maximum atomic E-state index is 13.1. The number of aromatic nitrogens is 2. The first-order chi connectivity index (χ1) is 11.0. The Morgan fingerprint density at radius 2 is 2.04 bits per heavy atom. The molecule has 3 rings (SSSR count). The van der Waals surface area contributed by atoms with E-state index in [0.717, 1.165) is 30.8 Å². The number of carbonyl (C=O) groups is 1. The summed E-state index contributed by atoms with van der Waals surface area (Å²) in [6.07, 6.45) is 2.21. The summed E-state index contributed by atoms with van der Waals surface area (Å²) < 4.78 is 14.9. The summed E-state index contributed by atoms with van der Waals surface area (Å²) >= 11 is 0. The molecule has 1 aromatic carbocycles. The number of hydrogen-bond donors (Lipinski definition) is 1. The van der Waals surface area contributed by atoms with Gasteiger partial charge in [-0.3, -0.25) is 4.79 Å². The molecule has 6 heteroatoms. The van der Waals surface area contributed by atoms with Crippen molar-refractivity contribution in [1.82, 2.24) is 20.0 Å². The molecule has 1 fully saturated rings. The van der Waals surface area contributed by atoms with Crippen LogP contribution >= 0.6 is 0 Å². The molecular formula is C17H21FN4O. The third kappa shape index (κ3) is 3.76. The summed E-state index contributed by atoms with van der Waals surface area (Å²) in [7, 11) is 3.92. The fourth-order valence-electron chi connectivity index (χ4n) is 2.45. The van der Waals surface area contributed by atoms with E-state index in [1.165, 1.54) is 12.1 Å². The summed E-state index contributed by atoms with van der Waals surface area (Å²) in [4.78, 5) is 14.3. The molecule has 5 nitrogen and oxygen atoms in total. The standard InChI is InChI=1S/C17H21FN4O/c1-21(2)10-9-19-17(23)15-11-16(12-3-4-12)22(20-15)14-7-5-13(18)6-8-14/h5-8,11-12H,3-4,9-10H2,1-2H3,(H,19,23). The minimum absolute atomic E-state index is 0.172. The predicted molar refractivity (Wildman–Crippen MR) is 86.4 cm³/mol. The van der Waals surface area contributed by atoms with Crippen molar-refractivity contribution in [3.63, 3.8) is 0 Å². The van der Waals surface area contributed by atoms with Crippen LogP contribution in [0.2, 0.25) is 0 Å². The third-order valence-electron chi connectivity index (χ3n) is 3.88. The van der Waals surface area contributed by atoms with Crippen LogP contribution in [0.3, 0.4) is 0 Å². The first-order valence-corrected chi connectivity index (χ1v) is 7.83. The first-order valence-electron chi connectivity index (χ1n) is 7.83. The van der Waals surface area contributed by atoms with Gasteiger partial charge in [-0.25, -0.2) is 9.07 Å². The van der Waals surface area contributed by atoms with Gasteiger partial charge >= 0.3 is 0 Å². The lowest BCUT2D eigenvalue weighted by atomic mass is 10.2. The van der Waals surface area contributed by atoms with Gasteiger partial charge in [-0.1, -0.05) is 0 Å². The Kier molecular flexibility index (Phi) is 4.43. The average Bonchev–Trinajstić information content (AvgIpc) is 3.26. The van der Waals surface area contributed by atoms with Gasteiger partial charge in [0.05, 0.1) is 5.69 Å². The fraction of sp³-hybridized carbons (Fsp3) is 0.412. The zero-order chi connectivity index (χ0) is 16.4. The van der Waals surface area contributed by atoms with Crippen LogP contribution in [0.15, 0.2) is 30.3 Å². The molecule has 0 saturated heterocycles. The third-order valence-corrected chi connectivity index (χ3v) is 3.88. The Morgan fingerprint density at radius 3 is 2.65 bits per heavy atom. The van der Waals surface area contributed by atoms with Gasteiger partial charge in [0.25, 0.3) is 5.91 Å². The minimum atomic E-state index is -0.282. The lowest BCUT2D eigenvalue weighted by Gasteiger charge is -2.09. The quantitative estimate of drug-likeness (QED) is 0.889. The van der Waals surface area contributed by atoms with Crippen LogP contribution < -0.4 is 5.32 Å². The van der Waals surface area contributed by atoms with Crippen molar-refractivity contribution in [3.05, 3.63) is 47.5 Å². The molecule has 1 aliphatic carbocycles. The highest BCUT2D eigenvalue weighted by Gasteiger charge is 2.29. The molecule has 0 unspecified atom stereocenters. The maximum absolute atomic E-state index is 13.1. The number of amides is 1. The number of halogens is 1. The molecule has 1 saturated carbocycles. The number of likely N-dealkylation sites (N-methyl/N-ethyl adjacent to an activating group) is 1. The average molecular weight is 316 g/mol. The number of hydrogen-bond acceptors (Lipinski definition) is 3. The van der Waals surface area contributed by atoms with Crippen LogP contribution in [0.25, 0.3) is 5.69 Å². The lowest BCUT2D eigenvalue weighted by Crippen LogP contribution is -2.31. The molecule has 122 valence electrons. The van der Waals surface area contributed by atoms with Crippen LogP contribution in [0.5, 0.6) is 0 Å². The second-order valence-electron chi connectivity index (χ2n) is 6.18. The van der Waals surface area contributed by atoms with E-state index in [-0.39, 0.29) is 11.7 Å². The molecule has 2 aromatic rings. The van der Waals surface area contributed by atoms with Crippen LogP contribution in [0.4, 0.5) is 4.39 Å². The van der Waals surface area contributed by atoms with Crippen molar-refractivity contribution in [2.24, 2.45) is 0 Å². The lowest BCUT2D eigenvalue weighted by molar-refractivity contribution is 0.0945. The SMILES string of the molecule is CN(C)CCNC(=O)c1cc(C2CC2)n(-c2ccc(F)cc2)n1. The van der Waals surface area contributed by atoms with E-state index in [2.05, 4.69) is 10.4 Å². The largest absolute Gasteiger partial charge is 0.349 e. The highest BCUT2D eigenvalue weighted by atomic mass is 19.1. The van der Waals surface area contributed by atoms with Crippen molar-refractivity contribution in [1.29, 1.82) is 0 Å². The molecule has 1 aliphatic rings. The molecule has 1 heterocycles. The second kappa shape index (κ2) is 6.50. The van der Waals surface area contributed by atoms with E-state index < -0.39 is 0 Å². The van der Waals surface area contributed by atoms with E-state index in [4.69, 9.17) is 0 Å². The van der Waals surface area contributed by atoms with Gasteiger partial charge in [0, 0.05) is 24.7 Å². The van der Waals surface area contributed by atoms with E-state index in [1.807, 2.05) is 25.1 Å². The number of nitrogens with one attached hydrogen (secondary N) is 1. The Morgan fingerprint density at radius 1 is 1.35 bits per heavy atom. The molecular weight excluding hydrogens is 295 g/mol. The molecule has 0 bridgehead atoms. The smallest absolute Gasteiger partial charge is 0.271 e. The van der Waals surface area contributed by atoms with Crippen molar-refractivity contribution < 1.29 is 9.18 Å². The summed E-state index contributed by atoms with van der Waals surface area (Å²) in [5, 5.41) is 7.31. The van der Waals surface area contributed by atoms with E-state index in [0.29, 0.717) is 18.2 Å². The van der Waals surface area contributed by atoms with E-state index in [1.54, 1.807) is 16.8 Å². The Balaban J connectivity index is 1.81. The topological polar surface area (TPSA) is 50.2 Å². The minimum Gasteiger partial charge on any atom is -0.349 e. The Hall–Kier alpha value is -2.21.